The molecule has 1 atom stereocenters. The largest absolute Gasteiger partial charge is 0.300 e. The van der Waals surface area contributed by atoms with E-state index in [2.05, 4.69) is 27.7 Å². The van der Waals surface area contributed by atoms with Gasteiger partial charge in [-0.15, -0.1) is 0 Å². The van der Waals surface area contributed by atoms with Crippen LogP contribution in [0.15, 0.2) is 41.6 Å². The monoisotopic (exact) mass is 287 g/mol. The first-order chi connectivity index (χ1) is 9.65. The molecule has 2 heterocycles. The predicted molar refractivity (Wildman–Crippen MR) is 80.6 cm³/mol. The van der Waals surface area contributed by atoms with Crippen molar-refractivity contribution in [2.24, 2.45) is 0 Å². The molecule has 1 unspecified atom stereocenters. The van der Waals surface area contributed by atoms with Gasteiger partial charge >= 0.3 is 0 Å². The van der Waals surface area contributed by atoms with Gasteiger partial charge in [0.1, 0.15) is 0 Å². The minimum absolute atomic E-state index is 0.594. The first-order valence-electron chi connectivity index (χ1n) is 6.54. The number of nitrogens with one attached hydrogen (secondary N) is 1. The molecule has 0 radical (unpaired) electrons. The second kappa shape index (κ2) is 5.34. The lowest BCUT2D eigenvalue weighted by Crippen LogP contribution is -2.11. The van der Waals surface area contributed by atoms with Crippen LogP contribution in [0.4, 0.5) is 5.69 Å². The molecule has 1 aliphatic heterocycles. The summed E-state index contributed by atoms with van der Waals surface area (Å²) in [6.45, 7) is 3.75. The number of aromatic nitrogens is 1. The third kappa shape index (κ3) is 2.46. The van der Waals surface area contributed by atoms with E-state index in [1.807, 2.05) is 31.2 Å². The summed E-state index contributed by atoms with van der Waals surface area (Å²) >= 11 is 0. The topological polar surface area (TPSA) is 45.2 Å². The highest BCUT2D eigenvalue weighted by atomic mass is 32.2. The highest BCUT2D eigenvalue weighted by Gasteiger charge is 2.20. The molecular formula is C15H17N3OS. The lowest BCUT2D eigenvalue weighted by Gasteiger charge is -2.11. The Kier molecular flexibility index (Phi) is 3.54. The van der Waals surface area contributed by atoms with Crippen LogP contribution in [-0.2, 0) is 24.1 Å². The maximum Gasteiger partial charge on any atom is 0.169 e. The van der Waals surface area contributed by atoms with Crippen LogP contribution in [-0.4, -0.2) is 21.1 Å². The molecule has 1 aliphatic rings. The number of nitrogens with zero attached hydrogens (tertiary/aromatic N) is 2. The standard InChI is InChI=1S/C15H17N3OS/c1-11-5-4-8-16-15(11)20(19)17-14-7-3-6-12-9-18(2)10-13(12)14/h3-8,17H,9-10H2,1-2H3. The van der Waals surface area contributed by atoms with Gasteiger partial charge in [-0.05, 0) is 42.8 Å². The van der Waals surface area contributed by atoms with Crippen molar-refractivity contribution in [3.63, 3.8) is 0 Å². The third-order valence-electron chi connectivity index (χ3n) is 3.48. The maximum atomic E-state index is 12.4. The van der Waals surface area contributed by atoms with E-state index in [1.165, 1.54) is 11.1 Å². The number of benzene rings is 1. The van der Waals surface area contributed by atoms with Gasteiger partial charge in [-0.2, -0.15) is 0 Å². The molecule has 0 spiro atoms. The molecule has 1 N–H and O–H groups in total. The Bertz CT molecular complexity index is 672. The normalized spacial score (nSPS) is 15.9. The predicted octanol–water partition coefficient (Wildman–Crippen LogP) is 2.47. The number of anilines is 1. The summed E-state index contributed by atoms with van der Waals surface area (Å²) in [7, 11) is 0.758. The second-order valence-electron chi connectivity index (χ2n) is 5.11. The van der Waals surface area contributed by atoms with Gasteiger partial charge in [0, 0.05) is 19.3 Å². The number of aryl methyl sites for hydroxylation is 1. The molecule has 3 rings (SSSR count). The van der Waals surface area contributed by atoms with Crippen LogP contribution in [0.3, 0.4) is 0 Å². The molecule has 0 amide bonds. The number of pyridine rings is 1. The zero-order valence-electron chi connectivity index (χ0n) is 11.6. The van der Waals surface area contributed by atoms with Crippen LogP contribution in [0.25, 0.3) is 0 Å². The lowest BCUT2D eigenvalue weighted by molar-refractivity contribution is 0.353. The summed E-state index contributed by atoms with van der Waals surface area (Å²) in [5.41, 5.74) is 4.41. The molecule has 20 heavy (non-hydrogen) atoms. The minimum atomic E-state index is -1.33. The van der Waals surface area contributed by atoms with Crippen LogP contribution in [0.2, 0.25) is 0 Å². The van der Waals surface area contributed by atoms with Crippen LogP contribution in [0.1, 0.15) is 16.7 Å². The summed E-state index contributed by atoms with van der Waals surface area (Å²) in [4.78, 5) is 6.45. The minimum Gasteiger partial charge on any atom is -0.300 e. The summed E-state index contributed by atoms with van der Waals surface area (Å²) in [5, 5.41) is 0.594. The van der Waals surface area contributed by atoms with Crippen LogP contribution < -0.4 is 4.72 Å². The van der Waals surface area contributed by atoms with Crippen molar-refractivity contribution in [2.45, 2.75) is 25.0 Å². The lowest BCUT2D eigenvalue weighted by atomic mass is 10.1. The highest BCUT2D eigenvalue weighted by Crippen LogP contribution is 2.29. The molecule has 0 aliphatic carbocycles. The Labute approximate surface area is 121 Å². The molecular weight excluding hydrogens is 270 g/mol. The van der Waals surface area contributed by atoms with E-state index >= 15 is 0 Å². The molecule has 0 saturated heterocycles. The molecule has 1 aromatic carbocycles. The fraction of sp³-hybridized carbons (Fsp3) is 0.267. The van der Waals surface area contributed by atoms with Gasteiger partial charge in [0.2, 0.25) is 0 Å². The highest BCUT2D eigenvalue weighted by molar-refractivity contribution is 7.86. The number of rotatable bonds is 3. The van der Waals surface area contributed by atoms with Gasteiger partial charge in [0.25, 0.3) is 0 Å². The van der Waals surface area contributed by atoms with Crippen molar-refractivity contribution in [3.8, 4) is 0 Å². The average molecular weight is 287 g/mol. The Hall–Kier alpha value is -1.72. The van der Waals surface area contributed by atoms with Gasteiger partial charge in [0.05, 0.1) is 5.69 Å². The van der Waals surface area contributed by atoms with Crippen LogP contribution in [0.5, 0.6) is 0 Å². The summed E-state index contributed by atoms with van der Waals surface area (Å²) in [6.07, 6.45) is 1.67. The van der Waals surface area contributed by atoms with E-state index in [-0.39, 0.29) is 0 Å². The number of fused-ring (bicyclic) bond motifs is 1. The van der Waals surface area contributed by atoms with E-state index in [1.54, 1.807) is 6.20 Å². The number of hydrogen-bond acceptors (Lipinski definition) is 3. The van der Waals surface area contributed by atoms with Crippen molar-refractivity contribution < 1.29 is 4.21 Å². The molecule has 5 heteroatoms. The maximum absolute atomic E-state index is 12.4. The van der Waals surface area contributed by atoms with Crippen LogP contribution in [0, 0.1) is 6.92 Å². The van der Waals surface area contributed by atoms with Gasteiger partial charge in [0.15, 0.2) is 16.0 Å². The van der Waals surface area contributed by atoms with E-state index in [4.69, 9.17) is 0 Å². The van der Waals surface area contributed by atoms with E-state index in [0.717, 1.165) is 24.3 Å². The van der Waals surface area contributed by atoms with Crippen molar-refractivity contribution in [3.05, 3.63) is 53.2 Å². The zero-order valence-corrected chi connectivity index (χ0v) is 12.4. The fourth-order valence-electron chi connectivity index (χ4n) is 2.50. The molecule has 2 aromatic rings. The average Bonchev–Trinajstić information content (AvgIpc) is 2.80. The van der Waals surface area contributed by atoms with Gasteiger partial charge < -0.3 is 0 Å². The molecule has 0 bridgehead atoms. The molecule has 4 nitrogen and oxygen atoms in total. The molecule has 0 fully saturated rings. The Morgan fingerprint density at radius 2 is 2.10 bits per heavy atom. The smallest absolute Gasteiger partial charge is 0.169 e. The second-order valence-corrected chi connectivity index (χ2v) is 6.24. The number of hydrogen-bond donors (Lipinski definition) is 1. The Balaban J connectivity index is 1.88. The van der Waals surface area contributed by atoms with Gasteiger partial charge in [-0.25, -0.2) is 9.19 Å². The van der Waals surface area contributed by atoms with Crippen LogP contribution >= 0.6 is 0 Å². The SMILES string of the molecule is Cc1cccnc1S(=O)Nc1cccc2c1CN(C)C2. The molecule has 0 saturated carbocycles. The van der Waals surface area contributed by atoms with Crippen molar-refractivity contribution >= 4 is 16.7 Å². The van der Waals surface area contributed by atoms with Crippen molar-refractivity contribution in [1.29, 1.82) is 0 Å². The van der Waals surface area contributed by atoms with E-state index in [9.17, 15) is 4.21 Å². The van der Waals surface area contributed by atoms with Gasteiger partial charge in [-0.1, -0.05) is 18.2 Å². The summed E-state index contributed by atoms with van der Waals surface area (Å²) < 4.78 is 15.5. The Morgan fingerprint density at radius 3 is 2.90 bits per heavy atom. The van der Waals surface area contributed by atoms with Gasteiger partial charge in [-0.3, -0.25) is 9.62 Å². The third-order valence-corrected chi connectivity index (χ3v) is 4.66. The van der Waals surface area contributed by atoms with Crippen molar-refractivity contribution in [2.75, 3.05) is 11.8 Å². The van der Waals surface area contributed by atoms with Crippen molar-refractivity contribution in [1.82, 2.24) is 9.88 Å². The Morgan fingerprint density at radius 1 is 1.25 bits per heavy atom. The molecule has 1 aromatic heterocycles. The summed E-state index contributed by atoms with van der Waals surface area (Å²) in [5.74, 6) is 0. The fourth-order valence-corrected chi connectivity index (χ4v) is 3.50. The first kappa shape index (κ1) is 13.3. The van der Waals surface area contributed by atoms with E-state index < -0.39 is 11.0 Å². The zero-order chi connectivity index (χ0) is 14.1. The molecule has 104 valence electrons. The quantitative estimate of drug-likeness (QED) is 0.943. The van der Waals surface area contributed by atoms with E-state index in [0.29, 0.717) is 5.03 Å². The summed E-state index contributed by atoms with van der Waals surface area (Å²) in [6, 6.07) is 9.88. The first-order valence-corrected chi connectivity index (χ1v) is 7.69.